The van der Waals surface area contributed by atoms with Crippen LogP contribution in [-0.2, 0) is 10.5 Å². The quantitative estimate of drug-likeness (QED) is 0.733. The van der Waals surface area contributed by atoms with Crippen LogP contribution in [-0.4, -0.2) is 34.1 Å². The highest BCUT2D eigenvalue weighted by molar-refractivity contribution is 7.99. The molecule has 1 aliphatic carbocycles. The maximum Gasteiger partial charge on any atom is 0.233 e. The van der Waals surface area contributed by atoms with Crippen LogP contribution in [0.3, 0.4) is 0 Å². The Morgan fingerprint density at radius 3 is 2.83 bits per heavy atom. The molecular weight excluding hydrogens is 246 g/mol. The summed E-state index contributed by atoms with van der Waals surface area (Å²) < 4.78 is 0. The smallest absolute Gasteiger partial charge is 0.233 e. The summed E-state index contributed by atoms with van der Waals surface area (Å²) in [6.45, 7) is 0.222. The van der Waals surface area contributed by atoms with E-state index in [-0.39, 0.29) is 12.5 Å². The fraction of sp³-hybridized carbons (Fsp3) is 0.462. The fourth-order valence-corrected chi connectivity index (χ4v) is 2.57. The van der Waals surface area contributed by atoms with Gasteiger partial charge in [-0.1, -0.05) is 0 Å². The van der Waals surface area contributed by atoms with Crippen LogP contribution in [0, 0.1) is 11.3 Å². The van der Waals surface area contributed by atoms with E-state index in [0.717, 1.165) is 18.6 Å². The third-order valence-electron chi connectivity index (χ3n) is 2.79. The highest BCUT2D eigenvalue weighted by atomic mass is 32.2. The number of pyridine rings is 1. The Hall–Kier alpha value is -1.54. The van der Waals surface area contributed by atoms with Crippen LogP contribution < -0.4 is 0 Å². The fourth-order valence-electron chi connectivity index (χ4n) is 1.70. The first kappa shape index (κ1) is 12.9. The van der Waals surface area contributed by atoms with E-state index in [0.29, 0.717) is 11.8 Å². The highest BCUT2D eigenvalue weighted by Gasteiger charge is 2.31. The van der Waals surface area contributed by atoms with Crippen LogP contribution in [0.5, 0.6) is 0 Å². The number of hydrogen-bond donors (Lipinski definition) is 0. The Morgan fingerprint density at radius 1 is 1.50 bits per heavy atom. The Labute approximate surface area is 111 Å². The van der Waals surface area contributed by atoms with E-state index in [1.807, 2.05) is 12.1 Å². The van der Waals surface area contributed by atoms with Crippen molar-refractivity contribution in [2.45, 2.75) is 24.6 Å². The Bertz CT molecular complexity index is 439. The van der Waals surface area contributed by atoms with Crippen molar-refractivity contribution in [1.82, 2.24) is 9.88 Å². The molecule has 4 nitrogen and oxygen atoms in total. The molecule has 1 fully saturated rings. The zero-order valence-corrected chi connectivity index (χ0v) is 10.9. The van der Waals surface area contributed by atoms with Gasteiger partial charge < -0.3 is 4.90 Å². The number of aromatic nitrogens is 1. The average molecular weight is 261 g/mol. The minimum atomic E-state index is 0.0816. The molecule has 0 atom stereocenters. The lowest BCUT2D eigenvalue weighted by atomic mass is 10.3. The van der Waals surface area contributed by atoms with E-state index < -0.39 is 0 Å². The molecule has 94 valence electrons. The molecule has 0 N–H and O–H groups in total. The van der Waals surface area contributed by atoms with E-state index in [1.54, 1.807) is 29.1 Å². The van der Waals surface area contributed by atoms with Crippen LogP contribution in [0.4, 0.5) is 0 Å². The highest BCUT2D eigenvalue weighted by Crippen LogP contribution is 2.27. The first-order chi connectivity index (χ1) is 8.81. The van der Waals surface area contributed by atoms with Crippen molar-refractivity contribution in [3.63, 3.8) is 0 Å². The van der Waals surface area contributed by atoms with Gasteiger partial charge in [-0.3, -0.25) is 9.78 Å². The van der Waals surface area contributed by atoms with E-state index in [4.69, 9.17) is 5.26 Å². The number of carbonyl (C=O) groups excluding carboxylic acids is 1. The molecule has 0 unspecified atom stereocenters. The van der Waals surface area contributed by atoms with Gasteiger partial charge >= 0.3 is 0 Å². The van der Waals surface area contributed by atoms with E-state index in [1.165, 1.54) is 5.56 Å². The molecule has 5 heteroatoms. The Kier molecular flexibility index (Phi) is 4.59. The number of nitriles is 1. The van der Waals surface area contributed by atoms with Crippen LogP contribution in [0.2, 0.25) is 0 Å². The molecule has 0 aromatic carbocycles. The molecule has 1 saturated carbocycles. The molecule has 2 rings (SSSR count). The average Bonchev–Trinajstić information content (AvgIpc) is 3.21. The predicted octanol–water partition coefficient (Wildman–Crippen LogP) is 1.83. The molecule has 0 saturated heterocycles. The number of thioether (sulfide) groups is 1. The summed E-state index contributed by atoms with van der Waals surface area (Å²) in [7, 11) is 0. The van der Waals surface area contributed by atoms with Gasteiger partial charge in [0, 0.05) is 24.2 Å². The second kappa shape index (κ2) is 6.41. The number of rotatable bonds is 6. The van der Waals surface area contributed by atoms with E-state index in [9.17, 15) is 4.79 Å². The summed E-state index contributed by atoms with van der Waals surface area (Å²) in [4.78, 5) is 17.6. The maximum absolute atomic E-state index is 11.9. The zero-order chi connectivity index (χ0) is 12.8. The second-order valence-corrected chi connectivity index (χ2v) is 5.24. The van der Waals surface area contributed by atoms with Crippen molar-refractivity contribution in [1.29, 1.82) is 5.26 Å². The van der Waals surface area contributed by atoms with Gasteiger partial charge in [-0.25, -0.2) is 0 Å². The van der Waals surface area contributed by atoms with Crippen LogP contribution in [0.1, 0.15) is 18.4 Å². The minimum Gasteiger partial charge on any atom is -0.326 e. The number of carbonyl (C=O) groups is 1. The topological polar surface area (TPSA) is 57.0 Å². The molecule has 0 bridgehead atoms. The number of nitrogens with zero attached hydrogens (tertiary/aromatic N) is 3. The summed E-state index contributed by atoms with van der Waals surface area (Å²) >= 11 is 1.59. The summed E-state index contributed by atoms with van der Waals surface area (Å²) in [5, 5.41) is 8.71. The molecule has 1 heterocycles. The Balaban J connectivity index is 1.75. The molecular formula is C13H15N3OS. The van der Waals surface area contributed by atoms with Crippen molar-refractivity contribution in [2.24, 2.45) is 0 Å². The predicted molar refractivity (Wildman–Crippen MR) is 70.7 cm³/mol. The molecule has 0 aliphatic heterocycles. The standard InChI is InChI=1S/C13H15N3OS/c14-5-8-16(12-1-2-12)13(17)10-18-9-11-3-6-15-7-4-11/h3-4,6-7,12H,1-2,8-10H2. The van der Waals surface area contributed by atoms with Crippen molar-refractivity contribution < 1.29 is 4.79 Å². The van der Waals surface area contributed by atoms with Gasteiger partial charge in [-0.05, 0) is 30.5 Å². The van der Waals surface area contributed by atoms with Crippen LogP contribution in [0.15, 0.2) is 24.5 Å². The van der Waals surface area contributed by atoms with Gasteiger partial charge in [-0.15, -0.1) is 11.8 Å². The minimum absolute atomic E-state index is 0.0816. The van der Waals surface area contributed by atoms with Crippen molar-refractivity contribution in [3.8, 4) is 6.07 Å². The lowest BCUT2D eigenvalue weighted by molar-refractivity contribution is -0.128. The third-order valence-corrected chi connectivity index (χ3v) is 3.78. The SMILES string of the molecule is N#CCN(C(=O)CSCc1ccncc1)C1CC1. The first-order valence-corrected chi connectivity index (χ1v) is 7.10. The molecule has 1 amide bonds. The zero-order valence-electron chi connectivity index (χ0n) is 10.1. The normalized spacial score (nSPS) is 13.9. The van der Waals surface area contributed by atoms with Crippen molar-refractivity contribution in [2.75, 3.05) is 12.3 Å². The monoisotopic (exact) mass is 261 g/mol. The van der Waals surface area contributed by atoms with Gasteiger partial charge in [-0.2, -0.15) is 5.26 Å². The third kappa shape index (κ3) is 3.74. The number of hydrogen-bond acceptors (Lipinski definition) is 4. The first-order valence-electron chi connectivity index (χ1n) is 5.94. The molecule has 1 aromatic heterocycles. The van der Waals surface area contributed by atoms with Gasteiger partial charge in [0.05, 0.1) is 11.8 Å². The second-order valence-electron chi connectivity index (χ2n) is 4.26. The number of amides is 1. The summed E-state index contributed by atoms with van der Waals surface area (Å²) in [5.41, 5.74) is 1.17. The van der Waals surface area contributed by atoms with E-state index in [2.05, 4.69) is 11.1 Å². The molecule has 0 spiro atoms. The van der Waals surface area contributed by atoms with E-state index >= 15 is 0 Å². The summed E-state index contributed by atoms with van der Waals surface area (Å²) in [6, 6.07) is 6.28. The molecule has 0 radical (unpaired) electrons. The molecule has 1 aliphatic rings. The molecule has 1 aromatic rings. The van der Waals surface area contributed by atoms with Crippen molar-refractivity contribution in [3.05, 3.63) is 30.1 Å². The lowest BCUT2D eigenvalue weighted by Crippen LogP contribution is -2.34. The maximum atomic E-state index is 11.9. The Morgan fingerprint density at radius 2 is 2.22 bits per heavy atom. The van der Waals surface area contributed by atoms with Crippen LogP contribution >= 0.6 is 11.8 Å². The van der Waals surface area contributed by atoms with Crippen molar-refractivity contribution >= 4 is 17.7 Å². The van der Waals surface area contributed by atoms with Crippen LogP contribution in [0.25, 0.3) is 0 Å². The van der Waals surface area contributed by atoms with Gasteiger partial charge in [0.15, 0.2) is 0 Å². The summed E-state index contributed by atoms with van der Waals surface area (Å²) in [5.74, 6) is 1.33. The lowest BCUT2D eigenvalue weighted by Gasteiger charge is -2.18. The largest absolute Gasteiger partial charge is 0.326 e. The molecule has 18 heavy (non-hydrogen) atoms. The van der Waals surface area contributed by atoms with Gasteiger partial charge in [0.1, 0.15) is 6.54 Å². The van der Waals surface area contributed by atoms with Gasteiger partial charge in [0.25, 0.3) is 0 Å². The summed E-state index contributed by atoms with van der Waals surface area (Å²) in [6.07, 6.45) is 5.60. The van der Waals surface area contributed by atoms with Gasteiger partial charge in [0.2, 0.25) is 5.91 Å².